The Morgan fingerprint density at radius 1 is 0.917 bits per heavy atom. The first-order chi connectivity index (χ1) is 5.91. The fourth-order valence-corrected chi connectivity index (χ4v) is 0.891. The Morgan fingerprint density at radius 2 is 1.58 bits per heavy atom. The van der Waals surface area contributed by atoms with Gasteiger partial charge in [0.1, 0.15) is 0 Å². The number of unbranched alkanes of at least 4 members (excludes halogenated alkanes) is 1. The van der Waals surface area contributed by atoms with Gasteiger partial charge in [-0.1, -0.05) is 0 Å². The van der Waals surface area contributed by atoms with Gasteiger partial charge in [0.05, 0.1) is 0 Å². The molecule has 0 unspecified atom stereocenters. The van der Waals surface area contributed by atoms with Crippen molar-refractivity contribution in [2.45, 2.75) is 12.8 Å². The monoisotopic (exact) mass is 175 g/mol. The van der Waals surface area contributed by atoms with Gasteiger partial charge in [-0.2, -0.15) is 0 Å². The highest BCUT2D eigenvalue weighted by molar-refractivity contribution is 4.52. The number of nitrogens with two attached hydrogens (primary N) is 1. The van der Waals surface area contributed by atoms with Crippen molar-refractivity contribution in [1.29, 1.82) is 0 Å². The van der Waals surface area contributed by atoms with E-state index in [1.165, 1.54) is 0 Å². The Kier molecular flexibility index (Phi) is 10.7. The minimum absolute atomic E-state index is 0.299. The van der Waals surface area contributed by atoms with Crippen LogP contribution in [0.5, 0.6) is 0 Å². The minimum Gasteiger partial charge on any atom is -0.396 e. The molecule has 0 heterocycles. The number of aliphatic hydroxyl groups excluding tert-OH is 1. The summed E-state index contributed by atoms with van der Waals surface area (Å²) in [5.41, 5.74) is 5.30. The summed E-state index contributed by atoms with van der Waals surface area (Å²) >= 11 is 0. The Labute approximate surface area is 74.5 Å². The van der Waals surface area contributed by atoms with Crippen LogP contribution in [-0.2, 0) is 0 Å². The normalized spacial score (nSPS) is 10.5. The second-order valence-electron chi connectivity index (χ2n) is 2.72. The van der Waals surface area contributed by atoms with Crippen molar-refractivity contribution >= 4 is 0 Å². The third-order valence-corrected chi connectivity index (χ3v) is 1.56. The zero-order valence-electron chi connectivity index (χ0n) is 7.68. The Hall–Kier alpha value is -0.160. The molecule has 0 rings (SSSR count). The topological polar surface area (TPSA) is 70.3 Å². The number of rotatable bonds is 9. The van der Waals surface area contributed by atoms with Crippen LogP contribution in [0.2, 0.25) is 0 Å². The standard InChI is InChI=1S/C8H21N3O/c9-3-5-11-7-6-10-4-1-2-8-12/h10-12H,1-9H2. The molecule has 0 aliphatic carbocycles. The second-order valence-corrected chi connectivity index (χ2v) is 2.72. The predicted octanol–water partition coefficient (Wildman–Crippen LogP) is -1.10. The maximum Gasteiger partial charge on any atom is 0.0431 e. The summed E-state index contributed by atoms with van der Waals surface area (Å²) < 4.78 is 0. The summed E-state index contributed by atoms with van der Waals surface area (Å²) in [5, 5.41) is 14.9. The van der Waals surface area contributed by atoms with Crippen LogP contribution in [0.25, 0.3) is 0 Å². The SMILES string of the molecule is NCCNCCNCCCCO. The number of nitrogens with one attached hydrogen (secondary N) is 2. The first kappa shape index (κ1) is 11.8. The molecule has 0 saturated heterocycles. The van der Waals surface area contributed by atoms with E-state index in [0.29, 0.717) is 13.2 Å². The fraction of sp³-hybridized carbons (Fsp3) is 1.00. The smallest absolute Gasteiger partial charge is 0.0431 e. The lowest BCUT2D eigenvalue weighted by Crippen LogP contribution is -2.31. The van der Waals surface area contributed by atoms with Crippen molar-refractivity contribution in [3.8, 4) is 0 Å². The molecule has 0 radical (unpaired) electrons. The van der Waals surface area contributed by atoms with E-state index in [4.69, 9.17) is 10.8 Å². The van der Waals surface area contributed by atoms with Gasteiger partial charge in [0.2, 0.25) is 0 Å². The van der Waals surface area contributed by atoms with E-state index in [1.807, 2.05) is 0 Å². The molecule has 0 saturated carbocycles. The Morgan fingerprint density at radius 3 is 2.17 bits per heavy atom. The molecule has 0 aromatic rings. The Bertz CT molecular complexity index is 70.7. The molecule has 0 fully saturated rings. The third-order valence-electron chi connectivity index (χ3n) is 1.56. The lowest BCUT2D eigenvalue weighted by atomic mass is 10.3. The minimum atomic E-state index is 0.299. The van der Waals surface area contributed by atoms with E-state index in [9.17, 15) is 0 Å². The third kappa shape index (κ3) is 9.84. The van der Waals surface area contributed by atoms with Gasteiger partial charge >= 0.3 is 0 Å². The van der Waals surface area contributed by atoms with E-state index in [1.54, 1.807) is 0 Å². The summed E-state index contributed by atoms with van der Waals surface area (Å²) in [7, 11) is 0. The molecule has 12 heavy (non-hydrogen) atoms. The van der Waals surface area contributed by atoms with Gasteiger partial charge in [0, 0.05) is 32.8 Å². The second kappa shape index (κ2) is 10.8. The van der Waals surface area contributed by atoms with Crippen LogP contribution >= 0.6 is 0 Å². The largest absolute Gasteiger partial charge is 0.396 e. The summed E-state index contributed by atoms with van der Waals surface area (Å²) in [6.45, 7) is 4.82. The number of hydrogen-bond donors (Lipinski definition) is 4. The van der Waals surface area contributed by atoms with E-state index < -0.39 is 0 Å². The first-order valence-electron chi connectivity index (χ1n) is 4.64. The average Bonchev–Trinajstić information content (AvgIpc) is 2.10. The predicted molar refractivity (Wildman–Crippen MR) is 51.1 cm³/mol. The molecule has 5 N–H and O–H groups in total. The van der Waals surface area contributed by atoms with Crippen molar-refractivity contribution in [3.63, 3.8) is 0 Å². The molecule has 4 heteroatoms. The lowest BCUT2D eigenvalue weighted by Gasteiger charge is -2.04. The molecule has 74 valence electrons. The van der Waals surface area contributed by atoms with Crippen molar-refractivity contribution in [2.24, 2.45) is 5.73 Å². The number of aliphatic hydroxyl groups is 1. The van der Waals surface area contributed by atoms with Crippen molar-refractivity contribution in [3.05, 3.63) is 0 Å². The van der Waals surface area contributed by atoms with Gasteiger partial charge < -0.3 is 21.5 Å². The van der Waals surface area contributed by atoms with Gasteiger partial charge in [0.15, 0.2) is 0 Å². The lowest BCUT2D eigenvalue weighted by molar-refractivity contribution is 0.284. The van der Waals surface area contributed by atoms with E-state index in [0.717, 1.165) is 39.0 Å². The van der Waals surface area contributed by atoms with Crippen molar-refractivity contribution < 1.29 is 5.11 Å². The van der Waals surface area contributed by atoms with Crippen LogP contribution in [0.1, 0.15) is 12.8 Å². The molecule has 0 bridgehead atoms. The quantitative estimate of drug-likeness (QED) is 0.336. The van der Waals surface area contributed by atoms with Gasteiger partial charge in [-0.15, -0.1) is 0 Å². The van der Waals surface area contributed by atoms with Gasteiger partial charge in [-0.3, -0.25) is 0 Å². The highest BCUT2D eigenvalue weighted by Gasteiger charge is 1.87. The number of hydrogen-bond acceptors (Lipinski definition) is 4. The molecule has 0 aliphatic heterocycles. The molecule has 0 aliphatic rings. The average molecular weight is 175 g/mol. The van der Waals surface area contributed by atoms with Crippen LogP contribution in [0.15, 0.2) is 0 Å². The van der Waals surface area contributed by atoms with E-state index in [2.05, 4.69) is 10.6 Å². The van der Waals surface area contributed by atoms with Crippen LogP contribution in [0.4, 0.5) is 0 Å². The van der Waals surface area contributed by atoms with E-state index in [-0.39, 0.29) is 0 Å². The molecule has 0 aromatic carbocycles. The van der Waals surface area contributed by atoms with Gasteiger partial charge in [-0.05, 0) is 19.4 Å². The first-order valence-corrected chi connectivity index (χ1v) is 4.64. The van der Waals surface area contributed by atoms with Crippen LogP contribution in [0, 0.1) is 0 Å². The molecular formula is C8H21N3O. The fourth-order valence-electron chi connectivity index (χ4n) is 0.891. The molecular weight excluding hydrogens is 154 g/mol. The van der Waals surface area contributed by atoms with Gasteiger partial charge in [0.25, 0.3) is 0 Å². The summed E-state index contributed by atoms with van der Waals surface area (Å²) in [5.74, 6) is 0. The summed E-state index contributed by atoms with van der Waals surface area (Å²) in [6.07, 6.45) is 1.94. The summed E-state index contributed by atoms with van der Waals surface area (Å²) in [6, 6.07) is 0. The maximum absolute atomic E-state index is 8.48. The molecule has 0 amide bonds. The van der Waals surface area contributed by atoms with Crippen molar-refractivity contribution in [1.82, 2.24) is 10.6 Å². The van der Waals surface area contributed by atoms with Crippen LogP contribution in [0.3, 0.4) is 0 Å². The maximum atomic E-state index is 8.48. The Balaban J connectivity index is 2.73. The highest BCUT2D eigenvalue weighted by atomic mass is 16.2. The molecule has 4 nitrogen and oxygen atoms in total. The zero-order chi connectivity index (χ0) is 9.07. The summed E-state index contributed by atoms with van der Waals surface area (Å²) in [4.78, 5) is 0. The van der Waals surface area contributed by atoms with E-state index >= 15 is 0 Å². The van der Waals surface area contributed by atoms with Crippen LogP contribution in [-0.4, -0.2) is 44.4 Å². The molecule has 0 aromatic heterocycles. The van der Waals surface area contributed by atoms with Gasteiger partial charge in [-0.25, -0.2) is 0 Å². The molecule has 0 atom stereocenters. The highest BCUT2D eigenvalue weighted by Crippen LogP contribution is 1.82. The van der Waals surface area contributed by atoms with Crippen LogP contribution < -0.4 is 16.4 Å². The molecule has 0 spiro atoms. The van der Waals surface area contributed by atoms with Crippen molar-refractivity contribution in [2.75, 3.05) is 39.3 Å². The zero-order valence-corrected chi connectivity index (χ0v) is 7.68.